The van der Waals surface area contributed by atoms with E-state index in [1.165, 1.54) is 0 Å². The average molecular weight is 379 g/mol. The quantitative estimate of drug-likeness (QED) is 0.718. The fraction of sp³-hybridized carbons (Fsp3) is 0.412. The second kappa shape index (κ2) is 9.30. The Hall–Kier alpha value is -2.45. The van der Waals surface area contributed by atoms with Gasteiger partial charge >= 0.3 is 0 Å². The van der Waals surface area contributed by atoms with Gasteiger partial charge in [0.1, 0.15) is 0 Å². The highest BCUT2D eigenvalue weighted by atomic mass is 35.5. The van der Waals surface area contributed by atoms with Gasteiger partial charge in [0.05, 0.1) is 12.2 Å². The number of piperidine rings is 1. The van der Waals surface area contributed by atoms with Crippen molar-refractivity contribution in [2.45, 2.75) is 25.4 Å². The van der Waals surface area contributed by atoms with Crippen LogP contribution in [0.2, 0.25) is 0 Å². The molecule has 3 rings (SSSR count). The number of carbonyl (C=O) groups is 2. The molecule has 0 aliphatic carbocycles. The Kier molecular flexibility index (Phi) is 7.11. The minimum absolute atomic E-state index is 0. The van der Waals surface area contributed by atoms with Crippen molar-refractivity contribution in [1.82, 2.24) is 30.9 Å². The number of amides is 2. The summed E-state index contributed by atoms with van der Waals surface area (Å²) in [7, 11) is 1.59. The Bertz CT molecular complexity index is 740. The van der Waals surface area contributed by atoms with Gasteiger partial charge in [0.15, 0.2) is 5.69 Å². The molecule has 2 heterocycles. The molecule has 0 saturated carbocycles. The molecule has 1 aromatic heterocycles. The molecule has 8 nitrogen and oxygen atoms in total. The molecule has 9 heteroatoms. The topological polar surface area (TPSA) is 101 Å². The molecular formula is C17H23ClN6O2. The molecule has 0 spiro atoms. The lowest BCUT2D eigenvalue weighted by atomic mass is 10.1. The Morgan fingerprint density at radius 1 is 1.19 bits per heavy atom. The van der Waals surface area contributed by atoms with E-state index in [4.69, 9.17) is 0 Å². The molecule has 2 amide bonds. The number of rotatable bonds is 5. The summed E-state index contributed by atoms with van der Waals surface area (Å²) >= 11 is 0. The summed E-state index contributed by atoms with van der Waals surface area (Å²) in [6, 6.07) is 7.39. The van der Waals surface area contributed by atoms with E-state index in [9.17, 15) is 9.59 Å². The summed E-state index contributed by atoms with van der Waals surface area (Å²) in [5.41, 5.74) is 1.81. The normalized spacial score (nSPS) is 14.3. The van der Waals surface area contributed by atoms with E-state index in [0.29, 0.717) is 23.8 Å². The SMILES string of the molecule is CNC(=O)c1ccc(CNC(=O)c2cn(C3CCNCC3)nn2)cc1.Cl. The Labute approximate surface area is 158 Å². The third-order valence-electron chi connectivity index (χ3n) is 4.32. The van der Waals surface area contributed by atoms with E-state index in [-0.39, 0.29) is 24.2 Å². The molecule has 1 fully saturated rings. The van der Waals surface area contributed by atoms with E-state index in [1.54, 1.807) is 30.1 Å². The monoisotopic (exact) mass is 378 g/mol. The minimum Gasteiger partial charge on any atom is -0.355 e. The van der Waals surface area contributed by atoms with Crippen LogP contribution in [-0.2, 0) is 6.54 Å². The molecule has 1 aromatic carbocycles. The van der Waals surface area contributed by atoms with Crippen molar-refractivity contribution >= 4 is 24.2 Å². The first kappa shape index (κ1) is 19.9. The van der Waals surface area contributed by atoms with E-state index in [1.807, 2.05) is 12.1 Å². The van der Waals surface area contributed by atoms with Crippen molar-refractivity contribution < 1.29 is 9.59 Å². The summed E-state index contributed by atoms with van der Waals surface area (Å²) in [4.78, 5) is 23.7. The highest BCUT2D eigenvalue weighted by Gasteiger charge is 2.18. The summed E-state index contributed by atoms with van der Waals surface area (Å²) in [5.74, 6) is -0.388. The zero-order chi connectivity index (χ0) is 17.6. The van der Waals surface area contributed by atoms with Crippen LogP contribution in [0.5, 0.6) is 0 Å². The number of halogens is 1. The van der Waals surface area contributed by atoms with Crippen molar-refractivity contribution in [2.24, 2.45) is 0 Å². The van der Waals surface area contributed by atoms with Crippen LogP contribution in [0, 0.1) is 0 Å². The molecule has 3 N–H and O–H groups in total. The molecule has 0 bridgehead atoms. The first-order valence-corrected chi connectivity index (χ1v) is 8.39. The number of nitrogens with one attached hydrogen (secondary N) is 3. The van der Waals surface area contributed by atoms with Gasteiger partial charge in [-0.2, -0.15) is 0 Å². The molecule has 1 aliphatic rings. The minimum atomic E-state index is -0.254. The van der Waals surface area contributed by atoms with Gasteiger partial charge in [0.25, 0.3) is 11.8 Å². The van der Waals surface area contributed by atoms with Gasteiger partial charge in [-0.05, 0) is 43.6 Å². The van der Waals surface area contributed by atoms with Gasteiger partial charge in [0.2, 0.25) is 0 Å². The van der Waals surface area contributed by atoms with Gasteiger partial charge in [0, 0.05) is 19.2 Å². The first-order chi connectivity index (χ1) is 12.2. The smallest absolute Gasteiger partial charge is 0.273 e. The second-order valence-corrected chi connectivity index (χ2v) is 6.02. The lowest BCUT2D eigenvalue weighted by Crippen LogP contribution is -2.29. The predicted molar refractivity (Wildman–Crippen MR) is 99.4 cm³/mol. The highest BCUT2D eigenvalue weighted by molar-refractivity contribution is 5.94. The van der Waals surface area contributed by atoms with Crippen molar-refractivity contribution in [1.29, 1.82) is 0 Å². The fourth-order valence-corrected chi connectivity index (χ4v) is 2.82. The molecule has 2 aromatic rings. The third-order valence-corrected chi connectivity index (χ3v) is 4.32. The standard InChI is InChI=1S/C17H22N6O2.ClH/c1-18-16(24)13-4-2-12(3-5-13)10-20-17(25)15-11-23(22-21-15)14-6-8-19-9-7-14;/h2-5,11,14,19H,6-10H2,1H3,(H,18,24)(H,20,25);1H. The lowest BCUT2D eigenvalue weighted by Gasteiger charge is -2.22. The van der Waals surface area contributed by atoms with Crippen LogP contribution in [0.25, 0.3) is 0 Å². The predicted octanol–water partition coefficient (Wildman–Crippen LogP) is 0.914. The van der Waals surface area contributed by atoms with Crippen LogP contribution in [0.3, 0.4) is 0 Å². The lowest BCUT2D eigenvalue weighted by molar-refractivity contribution is 0.0942. The molecular weight excluding hydrogens is 356 g/mol. The van der Waals surface area contributed by atoms with E-state index in [2.05, 4.69) is 26.3 Å². The molecule has 0 atom stereocenters. The summed E-state index contributed by atoms with van der Waals surface area (Å²) in [6.45, 7) is 2.28. The number of nitrogens with zero attached hydrogens (tertiary/aromatic N) is 3. The summed E-state index contributed by atoms with van der Waals surface area (Å²) < 4.78 is 1.79. The van der Waals surface area contributed by atoms with Crippen molar-refractivity contribution in [3.63, 3.8) is 0 Å². The summed E-state index contributed by atoms with van der Waals surface area (Å²) in [6.07, 6.45) is 3.68. The van der Waals surface area contributed by atoms with Crippen LogP contribution in [0.15, 0.2) is 30.5 Å². The van der Waals surface area contributed by atoms with Crippen molar-refractivity contribution in [3.8, 4) is 0 Å². The van der Waals surface area contributed by atoms with Gasteiger partial charge < -0.3 is 16.0 Å². The zero-order valence-electron chi connectivity index (χ0n) is 14.6. The van der Waals surface area contributed by atoms with Crippen LogP contribution in [-0.4, -0.2) is 46.9 Å². The molecule has 1 saturated heterocycles. The van der Waals surface area contributed by atoms with Crippen LogP contribution in [0.1, 0.15) is 45.3 Å². The van der Waals surface area contributed by atoms with Gasteiger partial charge in [-0.3, -0.25) is 9.59 Å². The zero-order valence-corrected chi connectivity index (χ0v) is 15.4. The summed E-state index contributed by atoms with van der Waals surface area (Å²) in [5, 5.41) is 16.8. The van der Waals surface area contributed by atoms with Gasteiger partial charge in [-0.25, -0.2) is 4.68 Å². The molecule has 26 heavy (non-hydrogen) atoms. The van der Waals surface area contributed by atoms with E-state index < -0.39 is 0 Å². The third kappa shape index (κ3) is 4.80. The Morgan fingerprint density at radius 2 is 1.88 bits per heavy atom. The molecule has 0 radical (unpaired) electrons. The molecule has 1 aliphatic heterocycles. The van der Waals surface area contributed by atoms with E-state index in [0.717, 1.165) is 31.5 Å². The van der Waals surface area contributed by atoms with Crippen molar-refractivity contribution in [2.75, 3.05) is 20.1 Å². The van der Waals surface area contributed by atoms with Crippen LogP contribution < -0.4 is 16.0 Å². The number of hydrogen-bond donors (Lipinski definition) is 3. The van der Waals surface area contributed by atoms with Gasteiger partial charge in [-0.15, -0.1) is 17.5 Å². The Morgan fingerprint density at radius 3 is 2.54 bits per heavy atom. The maximum absolute atomic E-state index is 12.2. The number of aromatic nitrogens is 3. The van der Waals surface area contributed by atoms with Crippen LogP contribution >= 0.6 is 12.4 Å². The maximum atomic E-state index is 12.2. The largest absolute Gasteiger partial charge is 0.355 e. The Balaban J connectivity index is 0.00000243. The maximum Gasteiger partial charge on any atom is 0.273 e. The van der Waals surface area contributed by atoms with E-state index >= 15 is 0 Å². The molecule has 140 valence electrons. The second-order valence-electron chi connectivity index (χ2n) is 6.02. The molecule has 0 unspecified atom stereocenters. The van der Waals surface area contributed by atoms with Crippen molar-refractivity contribution in [3.05, 3.63) is 47.3 Å². The fourth-order valence-electron chi connectivity index (χ4n) is 2.82. The number of carbonyl (C=O) groups excluding carboxylic acids is 2. The van der Waals surface area contributed by atoms with Crippen LogP contribution in [0.4, 0.5) is 0 Å². The van der Waals surface area contributed by atoms with Gasteiger partial charge in [-0.1, -0.05) is 17.3 Å². The average Bonchev–Trinajstić information content (AvgIpc) is 3.17. The number of benzene rings is 1. The first-order valence-electron chi connectivity index (χ1n) is 8.39. The number of hydrogen-bond acceptors (Lipinski definition) is 5. The highest BCUT2D eigenvalue weighted by Crippen LogP contribution is 2.17.